The molecule has 3 nitrogen and oxygen atoms in total. The second-order valence-electron chi connectivity index (χ2n) is 2.83. The van der Waals surface area contributed by atoms with E-state index in [1.165, 1.54) is 0 Å². The Labute approximate surface area is 95.6 Å². The molecular weight excluding hydrogens is 291 g/mol. The van der Waals surface area contributed by atoms with Gasteiger partial charge in [-0.3, -0.25) is 5.10 Å². The maximum absolute atomic E-state index is 5.61. The van der Waals surface area contributed by atoms with Crippen molar-refractivity contribution in [2.75, 3.05) is 0 Å². The third-order valence-corrected chi connectivity index (χ3v) is 2.68. The Morgan fingerprint density at radius 1 is 1.36 bits per heavy atom. The van der Waals surface area contributed by atoms with Crippen molar-refractivity contribution in [2.24, 2.45) is 0 Å². The molecule has 2 aromatic rings. The van der Waals surface area contributed by atoms with Gasteiger partial charge in [0.1, 0.15) is 12.4 Å². The molecule has 72 valence electrons. The molecule has 0 saturated carbocycles. The molecular formula is C10H9IN2O. The number of nitrogens with zero attached hydrogens (tertiary/aromatic N) is 1. The number of hydrogen-bond donors (Lipinski definition) is 1. The lowest BCUT2D eigenvalue weighted by molar-refractivity contribution is 0.304. The SMILES string of the molecule is Ic1ccccc1OCc1cn[nH]c1. The van der Waals surface area contributed by atoms with Crippen LogP contribution in [-0.4, -0.2) is 10.2 Å². The molecule has 0 radical (unpaired) electrons. The molecule has 0 unspecified atom stereocenters. The highest BCUT2D eigenvalue weighted by Gasteiger charge is 1.99. The van der Waals surface area contributed by atoms with Crippen LogP contribution in [0.5, 0.6) is 5.75 Å². The van der Waals surface area contributed by atoms with Crippen LogP contribution >= 0.6 is 22.6 Å². The van der Waals surface area contributed by atoms with Gasteiger partial charge in [-0.1, -0.05) is 12.1 Å². The van der Waals surface area contributed by atoms with E-state index in [-0.39, 0.29) is 0 Å². The largest absolute Gasteiger partial charge is 0.488 e. The molecule has 1 N–H and O–H groups in total. The number of ether oxygens (including phenoxy) is 1. The second kappa shape index (κ2) is 4.45. The van der Waals surface area contributed by atoms with Crippen LogP contribution in [0.2, 0.25) is 0 Å². The van der Waals surface area contributed by atoms with Crippen molar-refractivity contribution in [3.63, 3.8) is 0 Å². The van der Waals surface area contributed by atoms with Gasteiger partial charge >= 0.3 is 0 Å². The Morgan fingerprint density at radius 2 is 2.21 bits per heavy atom. The molecule has 2 rings (SSSR count). The number of rotatable bonds is 3. The molecule has 1 heterocycles. The van der Waals surface area contributed by atoms with Crippen LogP contribution in [0.15, 0.2) is 36.7 Å². The van der Waals surface area contributed by atoms with Gasteiger partial charge in [0.15, 0.2) is 0 Å². The second-order valence-corrected chi connectivity index (χ2v) is 3.99. The van der Waals surface area contributed by atoms with Gasteiger partial charge < -0.3 is 4.74 Å². The van der Waals surface area contributed by atoms with Crippen LogP contribution in [0.1, 0.15) is 5.56 Å². The Morgan fingerprint density at radius 3 is 2.93 bits per heavy atom. The Balaban J connectivity index is 2.02. The zero-order valence-corrected chi connectivity index (χ0v) is 9.56. The highest BCUT2D eigenvalue weighted by atomic mass is 127. The Bertz CT molecular complexity index is 400. The zero-order valence-electron chi connectivity index (χ0n) is 7.40. The van der Waals surface area contributed by atoms with E-state index in [2.05, 4.69) is 32.8 Å². The van der Waals surface area contributed by atoms with Gasteiger partial charge in [-0.15, -0.1) is 0 Å². The summed E-state index contributed by atoms with van der Waals surface area (Å²) in [6.45, 7) is 0.552. The number of hydrogen-bond acceptors (Lipinski definition) is 2. The minimum atomic E-state index is 0.552. The lowest BCUT2D eigenvalue weighted by Crippen LogP contribution is -1.95. The molecule has 0 saturated heterocycles. The average Bonchev–Trinajstić information content (AvgIpc) is 2.69. The van der Waals surface area contributed by atoms with Crippen LogP contribution in [0, 0.1) is 3.57 Å². The first-order valence-electron chi connectivity index (χ1n) is 4.21. The standard InChI is InChI=1S/C10H9IN2O/c11-9-3-1-2-4-10(9)14-7-8-5-12-13-6-8/h1-6H,7H2,(H,12,13). The molecule has 1 aromatic carbocycles. The molecule has 0 amide bonds. The van der Waals surface area contributed by atoms with Crippen molar-refractivity contribution in [3.05, 3.63) is 45.8 Å². The predicted octanol–water partition coefficient (Wildman–Crippen LogP) is 2.59. The summed E-state index contributed by atoms with van der Waals surface area (Å²) in [7, 11) is 0. The van der Waals surface area contributed by atoms with E-state index >= 15 is 0 Å². The highest BCUT2D eigenvalue weighted by molar-refractivity contribution is 14.1. The highest BCUT2D eigenvalue weighted by Crippen LogP contribution is 2.20. The van der Waals surface area contributed by atoms with Crippen molar-refractivity contribution in [2.45, 2.75) is 6.61 Å². The number of halogens is 1. The molecule has 0 bridgehead atoms. The van der Waals surface area contributed by atoms with Gasteiger partial charge in [0.2, 0.25) is 0 Å². The van der Waals surface area contributed by atoms with Crippen LogP contribution in [0.4, 0.5) is 0 Å². The molecule has 0 atom stereocenters. The summed E-state index contributed by atoms with van der Waals surface area (Å²) >= 11 is 2.25. The summed E-state index contributed by atoms with van der Waals surface area (Å²) in [5, 5.41) is 6.60. The van der Waals surface area contributed by atoms with Crippen molar-refractivity contribution < 1.29 is 4.74 Å². The molecule has 0 aliphatic heterocycles. The van der Waals surface area contributed by atoms with Crippen molar-refractivity contribution in [3.8, 4) is 5.75 Å². The van der Waals surface area contributed by atoms with E-state index in [0.717, 1.165) is 14.9 Å². The van der Waals surface area contributed by atoms with Crippen LogP contribution in [0.3, 0.4) is 0 Å². The maximum atomic E-state index is 5.61. The molecule has 1 aromatic heterocycles. The maximum Gasteiger partial charge on any atom is 0.133 e. The molecule has 0 spiro atoms. The van der Waals surface area contributed by atoms with E-state index in [1.54, 1.807) is 6.20 Å². The van der Waals surface area contributed by atoms with E-state index < -0.39 is 0 Å². The summed E-state index contributed by atoms with van der Waals surface area (Å²) in [6.07, 6.45) is 3.59. The molecule has 4 heteroatoms. The first-order chi connectivity index (χ1) is 6.86. The summed E-state index contributed by atoms with van der Waals surface area (Å²) in [5.41, 5.74) is 1.05. The predicted molar refractivity (Wildman–Crippen MR) is 62.1 cm³/mol. The first kappa shape index (κ1) is 9.51. The number of aromatic amines is 1. The minimum absolute atomic E-state index is 0.552. The third kappa shape index (κ3) is 2.25. The van der Waals surface area contributed by atoms with Gasteiger partial charge in [-0.2, -0.15) is 5.10 Å². The first-order valence-corrected chi connectivity index (χ1v) is 5.29. The third-order valence-electron chi connectivity index (χ3n) is 1.79. The van der Waals surface area contributed by atoms with Crippen molar-refractivity contribution in [1.82, 2.24) is 10.2 Å². The van der Waals surface area contributed by atoms with Crippen LogP contribution in [0.25, 0.3) is 0 Å². The Hall–Kier alpha value is -1.04. The number of benzene rings is 1. The van der Waals surface area contributed by atoms with E-state index in [4.69, 9.17) is 4.74 Å². The number of aromatic nitrogens is 2. The van der Waals surface area contributed by atoms with E-state index in [9.17, 15) is 0 Å². The summed E-state index contributed by atoms with van der Waals surface area (Å²) in [6, 6.07) is 7.94. The average molecular weight is 300 g/mol. The van der Waals surface area contributed by atoms with Gasteiger partial charge in [-0.05, 0) is 34.7 Å². The summed E-state index contributed by atoms with van der Waals surface area (Å²) in [5.74, 6) is 0.911. The van der Waals surface area contributed by atoms with Gasteiger partial charge in [0.05, 0.1) is 9.77 Å². The summed E-state index contributed by atoms with van der Waals surface area (Å²) < 4.78 is 6.73. The van der Waals surface area contributed by atoms with Crippen LogP contribution in [-0.2, 0) is 6.61 Å². The smallest absolute Gasteiger partial charge is 0.133 e. The number of para-hydroxylation sites is 1. The fourth-order valence-electron chi connectivity index (χ4n) is 1.08. The molecule has 0 aliphatic carbocycles. The van der Waals surface area contributed by atoms with Crippen LogP contribution < -0.4 is 4.74 Å². The van der Waals surface area contributed by atoms with E-state index in [0.29, 0.717) is 6.61 Å². The summed E-state index contributed by atoms with van der Waals surface area (Å²) in [4.78, 5) is 0. The molecule has 14 heavy (non-hydrogen) atoms. The van der Waals surface area contributed by atoms with Crippen molar-refractivity contribution in [1.29, 1.82) is 0 Å². The lowest BCUT2D eigenvalue weighted by atomic mass is 10.3. The normalized spacial score (nSPS) is 10.1. The number of nitrogens with one attached hydrogen (secondary N) is 1. The zero-order chi connectivity index (χ0) is 9.80. The van der Waals surface area contributed by atoms with Gasteiger partial charge in [-0.25, -0.2) is 0 Å². The fraction of sp³-hybridized carbons (Fsp3) is 0.100. The fourth-order valence-corrected chi connectivity index (χ4v) is 1.62. The minimum Gasteiger partial charge on any atom is -0.488 e. The van der Waals surface area contributed by atoms with E-state index in [1.807, 2.05) is 30.5 Å². The topological polar surface area (TPSA) is 37.9 Å². The monoisotopic (exact) mass is 300 g/mol. The number of H-pyrrole nitrogens is 1. The van der Waals surface area contributed by atoms with Crippen molar-refractivity contribution >= 4 is 22.6 Å². The lowest BCUT2D eigenvalue weighted by Gasteiger charge is -2.05. The van der Waals surface area contributed by atoms with Gasteiger partial charge in [0.25, 0.3) is 0 Å². The quantitative estimate of drug-likeness (QED) is 0.885. The van der Waals surface area contributed by atoms with Gasteiger partial charge in [0, 0.05) is 11.8 Å². The Kier molecular flexibility index (Phi) is 3.03. The molecule has 0 aliphatic rings. The molecule has 0 fully saturated rings.